The fraction of sp³-hybridized carbons (Fsp3) is 0.588. The summed E-state index contributed by atoms with van der Waals surface area (Å²) in [6.45, 7) is 1.38. The van der Waals surface area contributed by atoms with Crippen LogP contribution in [-0.4, -0.2) is 24.6 Å². The lowest BCUT2D eigenvalue weighted by molar-refractivity contribution is -0.120. The molecule has 0 atom stereocenters. The zero-order valence-corrected chi connectivity index (χ0v) is 12.5. The molecule has 0 bridgehead atoms. The van der Waals surface area contributed by atoms with Crippen LogP contribution in [0.5, 0.6) is 5.75 Å². The van der Waals surface area contributed by atoms with Crippen LogP contribution < -0.4 is 15.4 Å². The van der Waals surface area contributed by atoms with Crippen molar-refractivity contribution in [2.45, 2.75) is 50.5 Å². The number of carbonyl (C=O) groups excluding carboxylic acids is 1. The minimum absolute atomic E-state index is 0.136. The molecule has 1 aliphatic carbocycles. The van der Waals surface area contributed by atoms with Gasteiger partial charge in [0, 0.05) is 18.5 Å². The second kappa shape index (κ2) is 6.06. The highest BCUT2D eigenvalue weighted by Crippen LogP contribution is 2.34. The van der Waals surface area contributed by atoms with E-state index in [4.69, 9.17) is 10.5 Å². The van der Waals surface area contributed by atoms with E-state index in [-0.39, 0.29) is 11.4 Å². The summed E-state index contributed by atoms with van der Waals surface area (Å²) < 4.78 is 5.72. The molecule has 0 aromatic heterocycles. The number of amides is 1. The summed E-state index contributed by atoms with van der Waals surface area (Å²) in [6, 6.07) is 7.79. The van der Waals surface area contributed by atoms with E-state index >= 15 is 0 Å². The predicted molar refractivity (Wildman–Crippen MR) is 83.5 cm³/mol. The van der Waals surface area contributed by atoms with E-state index in [9.17, 15) is 4.79 Å². The van der Waals surface area contributed by atoms with Gasteiger partial charge in [-0.05, 0) is 31.4 Å². The van der Waals surface area contributed by atoms with Gasteiger partial charge in [-0.25, -0.2) is 0 Å². The number of anilines is 1. The second-order valence-corrected chi connectivity index (χ2v) is 6.31. The van der Waals surface area contributed by atoms with Gasteiger partial charge in [-0.1, -0.05) is 31.4 Å². The SMILES string of the molecule is NC1(CC(=O)N2CCCOc3ccccc32)CCCCC1. The van der Waals surface area contributed by atoms with Gasteiger partial charge in [0.2, 0.25) is 5.91 Å². The number of carbonyl (C=O) groups is 1. The molecule has 1 amide bonds. The number of rotatable bonds is 2. The Hall–Kier alpha value is -1.55. The third-order valence-corrected chi connectivity index (χ3v) is 4.59. The summed E-state index contributed by atoms with van der Waals surface area (Å²) in [5, 5.41) is 0. The van der Waals surface area contributed by atoms with Crippen LogP contribution in [-0.2, 0) is 4.79 Å². The molecular formula is C17H24N2O2. The van der Waals surface area contributed by atoms with Crippen LogP contribution in [0.15, 0.2) is 24.3 Å². The molecule has 114 valence electrons. The predicted octanol–water partition coefficient (Wildman–Crippen LogP) is 2.85. The smallest absolute Gasteiger partial charge is 0.228 e. The van der Waals surface area contributed by atoms with Crippen molar-refractivity contribution >= 4 is 11.6 Å². The lowest BCUT2D eigenvalue weighted by Gasteiger charge is -2.34. The van der Waals surface area contributed by atoms with E-state index in [0.717, 1.165) is 43.5 Å². The fourth-order valence-electron chi connectivity index (χ4n) is 3.42. The highest BCUT2D eigenvalue weighted by Gasteiger charge is 2.33. The highest BCUT2D eigenvalue weighted by molar-refractivity contribution is 5.95. The van der Waals surface area contributed by atoms with Gasteiger partial charge in [0.15, 0.2) is 0 Å². The Morgan fingerprint density at radius 1 is 1.19 bits per heavy atom. The van der Waals surface area contributed by atoms with Crippen molar-refractivity contribution in [3.8, 4) is 5.75 Å². The third kappa shape index (κ3) is 3.21. The summed E-state index contributed by atoms with van der Waals surface area (Å²) in [5.41, 5.74) is 7.03. The van der Waals surface area contributed by atoms with Crippen molar-refractivity contribution in [2.24, 2.45) is 5.73 Å². The van der Waals surface area contributed by atoms with Crippen molar-refractivity contribution in [2.75, 3.05) is 18.1 Å². The van der Waals surface area contributed by atoms with Gasteiger partial charge in [0.05, 0.1) is 12.3 Å². The molecule has 4 heteroatoms. The third-order valence-electron chi connectivity index (χ3n) is 4.59. The molecule has 1 heterocycles. The van der Waals surface area contributed by atoms with Crippen molar-refractivity contribution < 1.29 is 9.53 Å². The Kier molecular flexibility index (Phi) is 4.15. The maximum Gasteiger partial charge on any atom is 0.228 e. The Morgan fingerprint density at radius 3 is 2.76 bits per heavy atom. The number of fused-ring (bicyclic) bond motifs is 1. The van der Waals surface area contributed by atoms with Crippen LogP contribution in [0.1, 0.15) is 44.9 Å². The first-order valence-electron chi connectivity index (χ1n) is 7.99. The normalized spacial score (nSPS) is 21.1. The molecule has 1 aliphatic heterocycles. The molecule has 0 saturated heterocycles. The minimum Gasteiger partial charge on any atom is -0.491 e. The molecule has 1 fully saturated rings. The maximum atomic E-state index is 12.8. The van der Waals surface area contributed by atoms with Gasteiger partial charge in [-0.3, -0.25) is 4.79 Å². The Labute approximate surface area is 126 Å². The number of nitrogens with zero attached hydrogens (tertiary/aromatic N) is 1. The minimum atomic E-state index is -0.308. The number of hydrogen-bond donors (Lipinski definition) is 1. The number of para-hydroxylation sites is 2. The highest BCUT2D eigenvalue weighted by atomic mass is 16.5. The molecule has 0 spiro atoms. The first-order chi connectivity index (χ1) is 10.2. The molecule has 0 unspecified atom stereocenters. The van der Waals surface area contributed by atoms with Crippen molar-refractivity contribution in [3.05, 3.63) is 24.3 Å². The van der Waals surface area contributed by atoms with Gasteiger partial charge < -0.3 is 15.4 Å². The van der Waals surface area contributed by atoms with Crippen LogP contribution in [0.2, 0.25) is 0 Å². The van der Waals surface area contributed by atoms with E-state index in [0.29, 0.717) is 19.6 Å². The first-order valence-corrected chi connectivity index (χ1v) is 7.99. The Morgan fingerprint density at radius 2 is 1.95 bits per heavy atom. The van der Waals surface area contributed by atoms with Gasteiger partial charge in [-0.15, -0.1) is 0 Å². The van der Waals surface area contributed by atoms with Crippen LogP contribution in [0.4, 0.5) is 5.69 Å². The first kappa shape index (κ1) is 14.4. The Balaban J connectivity index is 1.77. The summed E-state index contributed by atoms with van der Waals surface area (Å²) in [5.74, 6) is 0.940. The number of nitrogens with two attached hydrogens (primary N) is 1. The molecule has 1 aromatic carbocycles. The summed E-state index contributed by atoms with van der Waals surface area (Å²) in [7, 11) is 0. The summed E-state index contributed by atoms with van der Waals surface area (Å²) >= 11 is 0. The maximum absolute atomic E-state index is 12.8. The molecule has 2 N–H and O–H groups in total. The van der Waals surface area contributed by atoms with Crippen molar-refractivity contribution in [1.82, 2.24) is 0 Å². The van der Waals surface area contributed by atoms with Crippen molar-refractivity contribution in [1.29, 1.82) is 0 Å². The van der Waals surface area contributed by atoms with Crippen LogP contribution >= 0.6 is 0 Å². The molecule has 1 aromatic rings. The molecule has 4 nitrogen and oxygen atoms in total. The van der Waals surface area contributed by atoms with E-state index in [2.05, 4.69) is 0 Å². The number of hydrogen-bond acceptors (Lipinski definition) is 3. The van der Waals surface area contributed by atoms with Crippen molar-refractivity contribution in [3.63, 3.8) is 0 Å². The topological polar surface area (TPSA) is 55.6 Å². The van der Waals surface area contributed by atoms with E-state index < -0.39 is 0 Å². The lowest BCUT2D eigenvalue weighted by Crippen LogP contribution is -2.47. The zero-order chi connectivity index (χ0) is 14.7. The summed E-state index contributed by atoms with van der Waals surface area (Å²) in [4.78, 5) is 14.6. The number of ether oxygens (including phenoxy) is 1. The van der Waals surface area contributed by atoms with E-state index in [1.54, 1.807) is 0 Å². The largest absolute Gasteiger partial charge is 0.491 e. The lowest BCUT2D eigenvalue weighted by atomic mass is 9.80. The molecular weight excluding hydrogens is 264 g/mol. The van der Waals surface area contributed by atoms with Gasteiger partial charge in [0.25, 0.3) is 0 Å². The van der Waals surface area contributed by atoms with Gasteiger partial charge >= 0.3 is 0 Å². The van der Waals surface area contributed by atoms with Gasteiger partial charge in [-0.2, -0.15) is 0 Å². The van der Waals surface area contributed by atoms with Crippen LogP contribution in [0, 0.1) is 0 Å². The second-order valence-electron chi connectivity index (χ2n) is 6.31. The van der Waals surface area contributed by atoms with Crippen LogP contribution in [0.3, 0.4) is 0 Å². The molecule has 1 saturated carbocycles. The van der Waals surface area contributed by atoms with E-state index in [1.165, 1.54) is 6.42 Å². The standard InChI is InChI=1S/C17H24N2O2/c18-17(9-4-1-5-10-17)13-16(20)19-11-6-12-21-15-8-3-2-7-14(15)19/h2-3,7-8H,1,4-6,9-13,18H2. The number of benzene rings is 1. The average Bonchev–Trinajstić information content (AvgIpc) is 2.70. The molecule has 0 radical (unpaired) electrons. The fourth-order valence-corrected chi connectivity index (χ4v) is 3.42. The van der Waals surface area contributed by atoms with E-state index in [1.807, 2.05) is 29.2 Å². The molecule has 2 aliphatic rings. The summed E-state index contributed by atoms with van der Waals surface area (Å²) in [6.07, 6.45) is 6.76. The average molecular weight is 288 g/mol. The molecule has 21 heavy (non-hydrogen) atoms. The monoisotopic (exact) mass is 288 g/mol. The Bertz CT molecular complexity index is 509. The zero-order valence-electron chi connectivity index (χ0n) is 12.5. The van der Waals surface area contributed by atoms with Gasteiger partial charge in [0.1, 0.15) is 5.75 Å². The van der Waals surface area contributed by atoms with Crippen LogP contribution in [0.25, 0.3) is 0 Å². The molecule has 3 rings (SSSR count). The quantitative estimate of drug-likeness (QED) is 0.910.